The number of hydrogen-bond donors (Lipinski definition) is 3. The summed E-state index contributed by atoms with van der Waals surface area (Å²) in [5.74, 6) is 0.454. The Morgan fingerprint density at radius 1 is 1.34 bits per heavy atom. The Morgan fingerprint density at radius 2 is 2.17 bits per heavy atom. The second-order valence-electron chi connectivity index (χ2n) is 6.90. The number of nitrogens with zero attached hydrogens (tertiary/aromatic N) is 2. The number of anilines is 1. The summed E-state index contributed by atoms with van der Waals surface area (Å²) in [5, 5.41) is 22.3. The number of hydrogen-bond acceptors (Lipinski definition) is 5. The Hall–Kier alpha value is -3.38. The molecule has 0 radical (unpaired) electrons. The largest absolute Gasteiger partial charge is 0.507 e. The summed E-state index contributed by atoms with van der Waals surface area (Å²) in [5.41, 5.74) is 4.06. The molecule has 1 aromatic heterocycles. The van der Waals surface area contributed by atoms with E-state index in [4.69, 9.17) is 5.11 Å². The zero-order valence-electron chi connectivity index (χ0n) is 16.4. The highest BCUT2D eigenvalue weighted by molar-refractivity contribution is 5.98. The van der Waals surface area contributed by atoms with Gasteiger partial charge in [0.2, 0.25) is 0 Å². The second-order valence-corrected chi connectivity index (χ2v) is 6.90. The number of aromatic hydroxyl groups is 1. The number of rotatable bonds is 7. The number of amides is 1. The molecule has 29 heavy (non-hydrogen) atoms. The fourth-order valence-corrected chi connectivity index (χ4v) is 3.17. The Balaban J connectivity index is 1.88. The van der Waals surface area contributed by atoms with Gasteiger partial charge in [-0.05, 0) is 41.3 Å². The normalized spacial score (nSPS) is 12.8. The Bertz CT molecular complexity index is 979. The van der Waals surface area contributed by atoms with E-state index in [9.17, 15) is 9.90 Å². The fraction of sp³-hybridized carbons (Fsp3) is 0.217. The van der Waals surface area contributed by atoms with Crippen LogP contribution in [0.15, 0.2) is 67.0 Å². The summed E-state index contributed by atoms with van der Waals surface area (Å²) in [6, 6.07) is 7.02. The summed E-state index contributed by atoms with van der Waals surface area (Å²) < 4.78 is 0. The first kappa shape index (κ1) is 20.4. The number of allylic oxidation sites excluding steroid dienone is 4. The molecule has 2 heterocycles. The number of aliphatic hydroxyl groups excluding tert-OH is 1. The number of aromatic nitrogens is 1. The summed E-state index contributed by atoms with van der Waals surface area (Å²) >= 11 is 0. The Labute approximate surface area is 170 Å². The number of carbonyl (C=O) groups is 1. The van der Waals surface area contributed by atoms with Gasteiger partial charge in [0.15, 0.2) is 0 Å². The average molecular weight is 391 g/mol. The first-order chi connectivity index (χ1) is 14.0. The van der Waals surface area contributed by atoms with Gasteiger partial charge in [0, 0.05) is 44.6 Å². The topological polar surface area (TPSA) is 85.7 Å². The van der Waals surface area contributed by atoms with Crippen LogP contribution in [0.3, 0.4) is 0 Å². The van der Waals surface area contributed by atoms with Crippen LogP contribution in [0, 0.1) is 0 Å². The van der Waals surface area contributed by atoms with Crippen LogP contribution in [0.4, 0.5) is 5.82 Å². The Morgan fingerprint density at radius 3 is 2.93 bits per heavy atom. The highest BCUT2D eigenvalue weighted by Crippen LogP contribution is 2.30. The van der Waals surface area contributed by atoms with Gasteiger partial charge in [0.1, 0.15) is 11.6 Å². The molecule has 0 bridgehead atoms. The predicted octanol–water partition coefficient (Wildman–Crippen LogP) is 3.50. The minimum atomic E-state index is -0.287. The number of pyridine rings is 1. The number of nitrogens with one attached hydrogen (secondary N) is 1. The molecule has 2 aromatic rings. The van der Waals surface area contributed by atoms with Gasteiger partial charge in [0.05, 0.1) is 5.56 Å². The molecule has 150 valence electrons. The van der Waals surface area contributed by atoms with E-state index >= 15 is 0 Å². The molecule has 0 saturated heterocycles. The lowest BCUT2D eigenvalue weighted by atomic mass is 9.98. The smallest absolute Gasteiger partial charge is 0.257 e. The summed E-state index contributed by atoms with van der Waals surface area (Å²) in [4.78, 5) is 18.7. The zero-order chi connectivity index (χ0) is 20.8. The van der Waals surface area contributed by atoms with E-state index < -0.39 is 0 Å². The molecule has 0 atom stereocenters. The standard InChI is InChI=1S/C23H25N3O3/c1-3-4-6-16-11-18-12-19(15-25-22(18)24-14-16)17-7-8-21(28)20(13-17)23(29)26(2)9-5-10-27/h3-4,6-8,12-15,27-28H,1,5,9-11H2,2H3,(H,24,25)/b6-4+. The molecular weight excluding hydrogens is 366 g/mol. The molecule has 0 unspecified atom stereocenters. The van der Waals surface area contributed by atoms with Crippen LogP contribution in [-0.2, 0) is 6.42 Å². The third kappa shape index (κ3) is 4.73. The lowest BCUT2D eigenvalue weighted by Gasteiger charge is -2.19. The predicted molar refractivity (Wildman–Crippen MR) is 115 cm³/mol. The first-order valence-corrected chi connectivity index (χ1v) is 9.46. The van der Waals surface area contributed by atoms with E-state index in [1.54, 1.807) is 31.5 Å². The molecule has 6 nitrogen and oxygen atoms in total. The number of carbonyl (C=O) groups excluding carboxylic acids is 1. The second kappa shape index (κ2) is 9.21. The van der Waals surface area contributed by atoms with Crippen molar-refractivity contribution in [2.75, 3.05) is 25.5 Å². The molecule has 3 rings (SSSR count). The number of fused-ring (bicyclic) bond motifs is 1. The van der Waals surface area contributed by atoms with Crippen LogP contribution >= 0.6 is 0 Å². The average Bonchev–Trinajstić information content (AvgIpc) is 2.75. The maximum Gasteiger partial charge on any atom is 0.257 e. The molecule has 0 spiro atoms. The lowest BCUT2D eigenvalue weighted by Crippen LogP contribution is -2.28. The van der Waals surface area contributed by atoms with E-state index in [-0.39, 0.29) is 23.8 Å². The third-order valence-electron chi connectivity index (χ3n) is 4.76. The molecule has 1 amide bonds. The molecular formula is C23H25N3O3. The van der Waals surface area contributed by atoms with Gasteiger partial charge in [-0.2, -0.15) is 0 Å². The van der Waals surface area contributed by atoms with Crippen molar-refractivity contribution in [2.24, 2.45) is 0 Å². The monoisotopic (exact) mass is 391 g/mol. The number of phenolic OH excluding ortho intramolecular Hbond substituents is 1. The third-order valence-corrected chi connectivity index (χ3v) is 4.76. The molecule has 6 heteroatoms. The van der Waals surface area contributed by atoms with Gasteiger partial charge in [-0.3, -0.25) is 4.79 Å². The molecule has 0 saturated carbocycles. The number of benzene rings is 1. The van der Waals surface area contributed by atoms with Crippen molar-refractivity contribution in [3.05, 3.63) is 78.2 Å². The SMILES string of the molecule is C=C/C=C/C1=CNc2ncc(-c3ccc(O)c(C(=O)N(C)CCCO)c3)cc2C1. The summed E-state index contributed by atoms with van der Waals surface area (Å²) in [6.07, 6.45) is 10.5. The van der Waals surface area contributed by atoms with Gasteiger partial charge < -0.3 is 20.4 Å². The van der Waals surface area contributed by atoms with E-state index in [1.165, 1.54) is 11.0 Å². The van der Waals surface area contributed by atoms with Gasteiger partial charge >= 0.3 is 0 Å². The van der Waals surface area contributed by atoms with Crippen molar-refractivity contribution in [2.45, 2.75) is 12.8 Å². The van der Waals surface area contributed by atoms with E-state index in [2.05, 4.69) is 16.9 Å². The maximum atomic E-state index is 12.7. The van der Waals surface area contributed by atoms with Crippen LogP contribution in [-0.4, -0.2) is 46.2 Å². The maximum absolute atomic E-state index is 12.7. The van der Waals surface area contributed by atoms with Gasteiger partial charge in [0.25, 0.3) is 5.91 Å². The quantitative estimate of drug-likeness (QED) is 0.629. The van der Waals surface area contributed by atoms with Crippen molar-refractivity contribution in [3.8, 4) is 16.9 Å². The minimum absolute atomic E-state index is 0.0108. The molecule has 1 aromatic carbocycles. The van der Waals surface area contributed by atoms with E-state index in [0.29, 0.717) is 13.0 Å². The van der Waals surface area contributed by atoms with Crippen molar-refractivity contribution < 1.29 is 15.0 Å². The highest BCUT2D eigenvalue weighted by Gasteiger charge is 2.18. The number of phenols is 1. The van der Waals surface area contributed by atoms with Gasteiger partial charge in [-0.15, -0.1) is 0 Å². The Kier molecular flexibility index (Phi) is 6.46. The fourth-order valence-electron chi connectivity index (χ4n) is 3.17. The zero-order valence-corrected chi connectivity index (χ0v) is 16.4. The molecule has 1 aliphatic rings. The van der Waals surface area contributed by atoms with Crippen LogP contribution in [0.2, 0.25) is 0 Å². The van der Waals surface area contributed by atoms with Crippen LogP contribution in [0.5, 0.6) is 5.75 Å². The van der Waals surface area contributed by atoms with Crippen LogP contribution < -0.4 is 5.32 Å². The molecule has 3 N–H and O–H groups in total. The molecule has 1 aliphatic heterocycles. The van der Waals surface area contributed by atoms with Crippen molar-refractivity contribution in [1.82, 2.24) is 9.88 Å². The first-order valence-electron chi connectivity index (χ1n) is 9.46. The number of aliphatic hydroxyl groups is 1. The highest BCUT2D eigenvalue weighted by atomic mass is 16.3. The minimum Gasteiger partial charge on any atom is -0.507 e. The molecule has 0 aliphatic carbocycles. The summed E-state index contributed by atoms with van der Waals surface area (Å²) in [6.45, 7) is 4.12. The molecule has 0 fully saturated rings. The van der Waals surface area contributed by atoms with Crippen LogP contribution in [0.1, 0.15) is 22.3 Å². The van der Waals surface area contributed by atoms with Crippen molar-refractivity contribution in [3.63, 3.8) is 0 Å². The van der Waals surface area contributed by atoms with Gasteiger partial charge in [-0.25, -0.2) is 4.98 Å². The summed E-state index contributed by atoms with van der Waals surface area (Å²) in [7, 11) is 1.65. The lowest BCUT2D eigenvalue weighted by molar-refractivity contribution is 0.0783. The van der Waals surface area contributed by atoms with E-state index in [0.717, 1.165) is 34.5 Å². The van der Waals surface area contributed by atoms with Crippen molar-refractivity contribution >= 4 is 11.7 Å². The van der Waals surface area contributed by atoms with Crippen molar-refractivity contribution in [1.29, 1.82) is 0 Å². The van der Waals surface area contributed by atoms with E-state index in [1.807, 2.05) is 24.4 Å². The van der Waals surface area contributed by atoms with Gasteiger partial charge in [-0.1, -0.05) is 30.9 Å². The van der Waals surface area contributed by atoms with Crippen LogP contribution in [0.25, 0.3) is 11.1 Å².